The minimum Gasteiger partial charge on any atom is -0.341 e. The average Bonchev–Trinajstić information content (AvgIpc) is 2.64. The molecule has 0 aromatic heterocycles. The molecule has 0 radical (unpaired) electrons. The monoisotopic (exact) mass is 291 g/mol. The molecule has 0 bridgehead atoms. The Hall–Kier alpha value is -1.23. The molecule has 0 aliphatic carbocycles. The molecule has 1 aromatic rings. The molecule has 6 heteroatoms. The van der Waals surface area contributed by atoms with Gasteiger partial charge in [0.15, 0.2) is 0 Å². The molecular weight excluding hydrogens is 279 g/mol. The summed E-state index contributed by atoms with van der Waals surface area (Å²) in [6.45, 7) is 0.878. The Bertz CT molecular complexity index is 475. The lowest BCUT2D eigenvalue weighted by molar-refractivity contribution is -0.137. The van der Waals surface area contributed by atoms with Crippen LogP contribution in [0.2, 0.25) is 0 Å². The van der Waals surface area contributed by atoms with Gasteiger partial charge in [0.2, 0.25) is 5.91 Å². The normalized spacial score (nSPS) is 20.1. The Morgan fingerprint density at radius 1 is 1.37 bits per heavy atom. The molecule has 1 saturated heterocycles. The number of alkyl halides is 4. The third-order valence-electron chi connectivity index (χ3n) is 3.09. The van der Waals surface area contributed by atoms with Crippen LogP contribution in [0.5, 0.6) is 0 Å². The predicted octanol–water partition coefficient (Wildman–Crippen LogP) is 3.09. The fourth-order valence-electron chi connectivity index (χ4n) is 2.11. The van der Waals surface area contributed by atoms with E-state index in [0.717, 1.165) is 12.1 Å². The molecule has 19 heavy (non-hydrogen) atoms. The molecule has 0 spiro atoms. The van der Waals surface area contributed by atoms with Crippen LogP contribution < -0.4 is 0 Å². The van der Waals surface area contributed by atoms with Crippen LogP contribution in [0.3, 0.4) is 0 Å². The topological polar surface area (TPSA) is 20.3 Å². The Kier molecular flexibility index (Phi) is 4.04. The highest BCUT2D eigenvalue weighted by Gasteiger charge is 2.31. The first kappa shape index (κ1) is 14.2. The zero-order chi connectivity index (χ0) is 14.0. The molecule has 1 amide bonds. The van der Waals surface area contributed by atoms with Crippen LogP contribution in [-0.2, 0) is 17.4 Å². The van der Waals surface area contributed by atoms with Crippen LogP contribution in [0.25, 0.3) is 0 Å². The Balaban J connectivity index is 1.98. The molecule has 1 atom stereocenters. The van der Waals surface area contributed by atoms with Crippen LogP contribution in [0.1, 0.15) is 17.5 Å². The van der Waals surface area contributed by atoms with Crippen molar-refractivity contribution in [3.8, 4) is 0 Å². The standard InChI is InChI=1S/C13H13ClF3NO/c14-11-7-12(19)18(8-11)5-4-9-2-1-3-10(6-9)13(15,16)17/h1-3,6,11H,4-5,7-8H2. The number of likely N-dealkylation sites (tertiary alicyclic amines) is 1. The highest BCUT2D eigenvalue weighted by Crippen LogP contribution is 2.29. The maximum absolute atomic E-state index is 12.5. The predicted molar refractivity (Wildman–Crippen MR) is 66.0 cm³/mol. The SMILES string of the molecule is O=C1CC(Cl)CN1CCc1cccc(C(F)(F)F)c1. The Labute approximate surface area is 114 Å². The first-order chi connectivity index (χ1) is 8.86. The van der Waals surface area contributed by atoms with Gasteiger partial charge in [0, 0.05) is 19.5 Å². The van der Waals surface area contributed by atoms with E-state index < -0.39 is 11.7 Å². The van der Waals surface area contributed by atoms with Gasteiger partial charge in [0.1, 0.15) is 0 Å². The average molecular weight is 292 g/mol. The van der Waals surface area contributed by atoms with E-state index >= 15 is 0 Å². The maximum Gasteiger partial charge on any atom is 0.416 e. The van der Waals surface area contributed by atoms with Crippen molar-refractivity contribution < 1.29 is 18.0 Å². The van der Waals surface area contributed by atoms with Crippen molar-refractivity contribution in [1.82, 2.24) is 4.90 Å². The molecular formula is C13H13ClF3NO. The quantitative estimate of drug-likeness (QED) is 0.784. The van der Waals surface area contributed by atoms with E-state index in [1.807, 2.05) is 0 Å². The molecule has 1 fully saturated rings. The summed E-state index contributed by atoms with van der Waals surface area (Å²) in [6.07, 6.45) is -3.62. The molecule has 2 nitrogen and oxygen atoms in total. The molecule has 1 aromatic carbocycles. The molecule has 1 aliphatic rings. The van der Waals surface area contributed by atoms with Crippen LogP contribution in [0, 0.1) is 0 Å². The lowest BCUT2D eigenvalue weighted by atomic mass is 10.1. The maximum atomic E-state index is 12.5. The Morgan fingerprint density at radius 2 is 2.11 bits per heavy atom. The number of benzene rings is 1. The fourth-order valence-corrected chi connectivity index (χ4v) is 2.41. The van der Waals surface area contributed by atoms with Gasteiger partial charge in [-0.15, -0.1) is 11.6 Å². The van der Waals surface area contributed by atoms with E-state index in [1.54, 1.807) is 11.0 Å². The van der Waals surface area contributed by atoms with Crippen molar-refractivity contribution in [1.29, 1.82) is 0 Å². The zero-order valence-corrected chi connectivity index (χ0v) is 10.8. The van der Waals surface area contributed by atoms with Crippen molar-refractivity contribution >= 4 is 17.5 Å². The zero-order valence-electron chi connectivity index (χ0n) is 10.1. The number of carbonyl (C=O) groups is 1. The molecule has 0 saturated carbocycles. The van der Waals surface area contributed by atoms with E-state index in [0.29, 0.717) is 31.5 Å². The fraction of sp³-hybridized carbons (Fsp3) is 0.462. The highest BCUT2D eigenvalue weighted by molar-refractivity contribution is 6.22. The minimum absolute atomic E-state index is 0.0352. The summed E-state index contributed by atoms with van der Waals surface area (Å²) in [5, 5.41) is -0.186. The second-order valence-corrected chi connectivity index (χ2v) is 5.21. The Morgan fingerprint density at radius 3 is 2.68 bits per heavy atom. The van der Waals surface area contributed by atoms with Crippen LogP contribution in [0.4, 0.5) is 13.2 Å². The minimum atomic E-state index is -4.33. The van der Waals surface area contributed by atoms with Crippen LogP contribution in [-0.4, -0.2) is 29.3 Å². The second-order valence-electron chi connectivity index (χ2n) is 4.59. The van der Waals surface area contributed by atoms with Crippen molar-refractivity contribution in [2.75, 3.05) is 13.1 Å². The van der Waals surface area contributed by atoms with Gasteiger partial charge in [-0.3, -0.25) is 4.79 Å². The van der Waals surface area contributed by atoms with Crippen molar-refractivity contribution in [2.24, 2.45) is 0 Å². The molecule has 1 heterocycles. The number of nitrogens with zero attached hydrogens (tertiary/aromatic N) is 1. The summed E-state index contributed by atoms with van der Waals surface area (Å²) in [5.41, 5.74) is -0.0892. The smallest absolute Gasteiger partial charge is 0.341 e. The van der Waals surface area contributed by atoms with Gasteiger partial charge < -0.3 is 4.90 Å². The van der Waals surface area contributed by atoms with Gasteiger partial charge >= 0.3 is 6.18 Å². The van der Waals surface area contributed by atoms with E-state index in [1.165, 1.54) is 6.07 Å². The molecule has 1 unspecified atom stereocenters. The summed E-state index contributed by atoms with van der Waals surface area (Å²) in [5.74, 6) is -0.0352. The molecule has 1 aliphatic heterocycles. The largest absolute Gasteiger partial charge is 0.416 e. The number of rotatable bonds is 3. The van der Waals surface area contributed by atoms with E-state index in [4.69, 9.17) is 11.6 Å². The van der Waals surface area contributed by atoms with E-state index in [2.05, 4.69) is 0 Å². The van der Waals surface area contributed by atoms with Crippen molar-refractivity contribution in [2.45, 2.75) is 24.4 Å². The summed E-state index contributed by atoms with van der Waals surface area (Å²) in [7, 11) is 0. The van der Waals surface area contributed by atoms with E-state index in [-0.39, 0.29) is 11.3 Å². The number of halogens is 4. The summed E-state index contributed by atoms with van der Waals surface area (Å²) in [6, 6.07) is 5.18. The van der Waals surface area contributed by atoms with Crippen molar-refractivity contribution in [3.05, 3.63) is 35.4 Å². The number of amides is 1. The lowest BCUT2D eigenvalue weighted by Crippen LogP contribution is -2.27. The van der Waals surface area contributed by atoms with Gasteiger partial charge in [-0.2, -0.15) is 13.2 Å². The van der Waals surface area contributed by atoms with Gasteiger partial charge in [-0.1, -0.05) is 18.2 Å². The van der Waals surface area contributed by atoms with Gasteiger partial charge in [0.25, 0.3) is 0 Å². The first-order valence-electron chi connectivity index (χ1n) is 5.94. The number of hydrogen-bond acceptors (Lipinski definition) is 1. The third-order valence-corrected chi connectivity index (χ3v) is 3.38. The van der Waals surface area contributed by atoms with Crippen LogP contribution >= 0.6 is 11.6 Å². The van der Waals surface area contributed by atoms with Crippen molar-refractivity contribution in [3.63, 3.8) is 0 Å². The summed E-state index contributed by atoms with van der Waals surface area (Å²) >= 11 is 5.86. The van der Waals surface area contributed by atoms with Gasteiger partial charge in [-0.25, -0.2) is 0 Å². The third kappa shape index (κ3) is 3.62. The summed E-state index contributed by atoms with van der Waals surface area (Å²) in [4.78, 5) is 13.1. The second kappa shape index (κ2) is 5.41. The number of carbonyl (C=O) groups excluding carboxylic acids is 1. The van der Waals surface area contributed by atoms with Crippen LogP contribution in [0.15, 0.2) is 24.3 Å². The highest BCUT2D eigenvalue weighted by atomic mass is 35.5. The lowest BCUT2D eigenvalue weighted by Gasteiger charge is -2.16. The van der Waals surface area contributed by atoms with E-state index in [9.17, 15) is 18.0 Å². The summed E-state index contributed by atoms with van der Waals surface area (Å²) < 4.78 is 37.6. The first-order valence-corrected chi connectivity index (χ1v) is 6.38. The number of hydrogen-bond donors (Lipinski definition) is 0. The molecule has 2 rings (SSSR count). The van der Waals surface area contributed by atoms with Gasteiger partial charge in [-0.05, 0) is 18.1 Å². The van der Waals surface area contributed by atoms with Gasteiger partial charge in [0.05, 0.1) is 10.9 Å². The molecule has 104 valence electrons. The molecule has 0 N–H and O–H groups in total.